The standard InChI is InChI=1S/C23H16O5/c1-14(24)27-20-13-11-16-7-3-5-9-18(16)22(20)28-19-12-10-15-6-2-4-8-17(15)21(19)23(25)26/h2-13H,1H3,(H,25,26). The zero-order valence-electron chi connectivity index (χ0n) is 15.0. The quantitative estimate of drug-likeness (QED) is 0.383. The average molecular weight is 372 g/mol. The number of aromatic carboxylic acids is 1. The van der Waals surface area contributed by atoms with Crippen LogP contribution in [0.1, 0.15) is 17.3 Å². The summed E-state index contributed by atoms with van der Waals surface area (Å²) in [4.78, 5) is 23.5. The van der Waals surface area contributed by atoms with Gasteiger partial charge < -0.3 is 14.6 Å². The highest BCUT2D eigenvalue weighted by Crippen LogP contribution is 2.41. The highest BCUT2D eigenvalue weighted by atomic mass is 16.6. The van der Waals surface area contributed by atoms with E-state index in [4.69, 9.17) is 9.47 Å². The SMILES string of the molecule is CC(=O)Oc1ccc2ccccc2c1Oc1ccc2ccccc2c1C(=O)O. The Bertz CT molecular complexity index is 1230. The molecule has 138 valence electrons. The molecule has 0 saturated carbocycles. The summed E-state index contributed by atoms with van der Waals surface area (Å²) in [6.45, 7) is 1.30. The molecule has 0 heterocycles. The van der Waals surface area contributed by atoms with Gasteiger partial charge in [0.1, 0.15) is 11.3 Å². The highest BCUT2D eigenvalue weighted by molar-refractivity contribution is 6.06. The fourth-order valence-electron chi connectivity index (χ4n) is 3.23. The molecular formula is C23H16O5. The first-order valence-electron chi connectivity index (χ1n) is 8.67. The molecule has 0 atom stereocenters. The van der Waals surface area contributed by atoms with Crippen LogP contribution in [0.5, 0.6) is 17.2 Å². The smallest absolute Gasteiger partial charge is 0.340 e. The molecule has 0 aromatic heterocycles. The minimum absolute atomic E-state index is 0.0554. The summed E-state index contributed by atoms with van der Waals surface area (Å²) in [5.74, 6) is -0.879. The molecule has 4 aromatic rings. The van der Waals surface area contributed by atoms with Gasteiger partial charge >= 0.3 is 11.9 Å². The van der Waals surface area contributed by atoms with Crippen LogP contribution in [0.3, 0.4) is 0 Å². The molecule has 1 N–H and O–H groups in total. The number of carbonyl (C=O) groups excluding carboxylic acids is 1. The summed E-state index contributed by atoms with van der Waals surface area (Å²) in [5, 5.41) is 12.8. The molecule has 0 aliphatic rings. The lowest BCUT2D eigenvalue weighted by atomic mass is 10.0. The number of hydrogen-bond donors (Lipinski definition) is 1. The number of esters is 1. The Morgan fingerprint density at radius 2 is 1.32 bits per heavy atom. The van der Waals surface area contributed by atoms with Crippen LogP contribution < -0.4 is 9.47 Å². The van der Waals surface area contributed by atoms with Gasteiger partial charge in [-0.2, -0.15) is 0 Å². The molecule has 0 bridgehead atoms. The van der Waals surface area contributed by atoms with Crippen molar-refractivity contribution in [3.63, 3.8) is 0 Å². The van der Waals surface area contributed by atoms with E-state index in [-0.39, 0.29) is 17.1 Å². The zero-order chi connectivity index (χ0) is 19.7. The van der Waals surface area contributed by atoms with Crippen LogP contribution in [0.25, 0.3) is 21.5 Å². The van der Waals surface area contributed by atoms with Gasteiger partial charge in [-0.1, -0.05) is 60.7 Å². The van der Waals surface area contributed by atoms with E-state index in [9.17, 15) is 14.7 Å². The zero-order valence-corrected chi connectivity index (χ0v) is 15.0. The largest absolute Gasteiger partial charge is 0.478 e. The molecule has 0 aliphatic heterocycles. The molecule has 0 fully saturated rings. The van der Waals surface area contributed by atoms with Gasteiger partial charge in [-0.05, 0) is 28.3 Å². The van der Waals surface area contributed by atoms with Crippen molar-refractivity contribution in [3.05, 3.63) is 78.4 Å². The maximum Gasteiger partial charge on any atom is 0.340 e. The Morgan fingerprint density at radius 1 is 0.750 bits per heavy atom. The maximum atomic E-state index is 12.0. The van der Waals surface area contributed by atoms with E-state index >= 15 is 0 Å². The Morgan fingerprint density at radius 3 is 1.96 bits per heavy atom. The summed E-state index contributed by atoms with van der Waals surface area (Å²) in [6.07, 6.45) is 0. The number of carboxylic acids is 1. The van der Waals surface area contributed by atoms with Gasteiger partial charge in [-0.15, -0.1) is 0 Å². The number of benzene rings is 4. The molecule has 0 saturated heterocycles. The van der Waals surface area contributed by atoms with Crippen LogP contribution in [0.2, 0.25) is 0 Å². The predicted octanol–water partition coefficient (Wildman–Crippen LogP) is 5.41. The van der Waals surface area contributed by atoms with E-state index in [2.05, 4.69) is 0 Å². The molecule has 4 aromatic carbocycles. The molecule has 0 unspecified atom stereocenters. The molecule has 0 aliphatic carbocycles. The van der Waals surface area contributed by atoms with Crippen molar-refractivity contribution in [2.75, 3.05) is 0 Å². The van der Waals surface area contributed by atoms with Crippen molar-refractivity contribution in [1.82, 2.24) is 0 Å². The maximum absolute atomic E-state index is 12.0. The Kier molecular flexibility index (Phi) is 4.41. The molecule has 0 amide bonds. The first-order chi connectivity index (χ1) is 13.5. The lowest BCUT2D eigenvalue weighted by molar-refractivity contribution is -0.131. The summed E-state index contributed by atoms with van der Waals surface area (Å²) < 4.78 is 11.4. The third-order valence-electron chi connectivity index (χ3n) is 4.41. The third kappa shape index (κ3) is 3.14. The minimum Gasteiger partial charge on any atom is -0.478 e. The number of ether oxygens (including phenoxy) is 2. The number of rotatable bonds is 4. The number of hydrogen-bond acceptors (Lipinski definition) is 4. The lowest BCUT2D eigenvalue weighted by Gasteiger charge is -2.16. The lowest BCUT2D eigenvalue weighted by Crippen LogP contribution is -2.05. The van der Waals surface area contributed by atoms with Crippen molar-refractivity contribution in [1.29, 1.82) is 0 Å². The minimum atomic E-state index is -1.10. The second-order valence-corrected chi connectivity index (χ2v) is 6.27. The fraction of sp³-hybridized carbons (Fsp3) is 0.0435. The molecule has 5 nitrogen and oxygen atoms in total. The van der Waals surface area contributed by atoms with Gasteiger partial charge in [0, 0.05) is 12.3 Å². The Hall–Kier alpha value is -3.86. The number of fused-ring (bicyclic) bond motifs is 2. The van der Waals surface area contributed by atoms with Crippen LogP contribution in [-0.2, 0) is 4.79 Å². The summed E-state index contributed by atoms with van der Waals surface area (Å²) in [6, 6.07) is 21.5. The van der Waals surface area contributed by atoms with Crippen molar-refractivity contribution < 1.29 is 24.2 Å². The molecule has 0 radical (unpaired) electrons. The van der Waals surface area contributed by atoms with Gasteiger partial charge in [0.2, 0.25) is 0 Å². The van der Waals surface area contributed by atoms with Gasteiger partial charge in [0.05, 0.1) is 0 Å². The van der Waals surface area contributed by atoms with Crippen LogP contribution in [0.4, 0.5) is 0 Å². The number of carbonyl (C=O) groups is 2. The molecule has 28 heavy (non-hydrogen) atoms. The van der Waals surface area contributed by atoms with Gasteiger partial charge in [-0.25, -0.2) is 4.79 Å². The van der Waals surface area contributed by atoms with E-state index < -0.39 is 11.9 Å². The normalized spacial score (nSPS) is 10.8. The fourth-order valence-corrected chi connectivity index (χ4v) is 3.23. The first-order valence-corrected chi connectivity index (χ1v) is 8.67. The van der Waals surface area contributed by atoms with Crippen molar-refractivity contribution in [2.45, 2.75) is 6.92 Å². The second kappa shape index (κ2) is 7.04. The topological polar surface area (TPSA) is 72.8 Å². The van der Waals surface area contributed by atoms with Crippen LogP contribution in [-0.4, -0.2) is 17.0 Å². The van der Waals surface area contributed by atoms with Crippen LogP contribution in [0.15, 0.2) is 72.8 Å². The molecule has 5 heteroatoms. The monoisotopic (exact) mass is 372 g/mol. The van der Waals surface area contributed by atoms with E-state index in [0.717, 1.165) is 10.8 Å². The van der Waals surface area contributed by atoms with Crippen LogP contribution in [0, 0.1) is 0 Å². The van der Waals surface area contributed by atoms with Crippen LogP contribution >= 0.6 is 0 Å². The van der Waals surface area contributed by atoms with E-state index in [1.807, 2.05) is 42.5 Å². The average Bonchev–Trinajstić information content (AvgIpc) is 2.68. The Balaban J connectivity index is 1.94. The van der Waals surface area contributed by atoms with Crippen molar-refractivity contribution >= 4 is 33.5 Å². The summed E-state index contributed by atoms with van der Waals surface area (Å²) >= 11 is 0. The highest BCUT2D eigenvalue weighted by Gasteiger charge is 2.20. The molecule has 0 spiro atoms. The Labute approximate surface area is 160 Å². The second-order valence-electron chi connectivity index (χ2n) is 6.27. The molecule has 4 rings (SSSR count). The van der Waals surface area contributed by atoms with Crippen molar-refractivity contribution in [3.8, 4) is 17.2 Å². The summed E-state index contributed by atoms with van der Waals surface area (Å²) in [5.41, 5.74) is 0.0554. The third-order valence-corrected chi connectivity index (χ3v) is 4.41. The van der Waals surface area contributed by atoms with Gasteiger partial charge in [0.25, 0.3) is 0 Å². The molecular weight excluding hydrogens is 356 g/mol. The van der Waals surface area contributed by atoms with E-state index in [1.54, 1.807) is 30.3 Å². The van der Waals surface area contributed by atoms with Crippen molar-refractivity contribution in [2.24, 2.45) is 0 Å². The van der Waals surface area contributed by atoms with Gasteiger partial charge in [0.15, 0.2) is 11.5 Å². The van der Waals surface area contributed by atoms with E-state index in [0.29, 0.717) is 16.5 Å². The van der Waals surface area contributed by atoms with Gasteiger partial charge in [-0.3, -0.25) is 4.79 Å². The predicted molar refractivity (Wildman–Crippen MR) is 106 cm³/mol. The number of carboxylic acid groups (broad SMARTS) is 1. The van der Waals surface area contributed by atoms with E-state index in [1.165, 1.54) is 6.92 Å². The first kappa shape index (κ1) is 17.5. The summed E-state index contributed by atoms with van der Waals surface area (Å²) in [7, 11) is 0.